The van der Waals surface area contributed by atoms with E-state index in [2.05, 4.69) is 15.9 Å². The van der Waals surface area contributed by atoms with E-state index in [9.17, 15) is 27.9 Å². The second-order valence-electron chi connectivity index (χ2n) is 5.70. The molecule has 3 rings (SSSR count). The van der Waals surface area contributed by atoms with Gasteiger partial charge in [-0.15, -0.1) is 0 Å². The Balaban J connectivity index is 2.12. The summed E-state index contributed by atoms with van der Waals surface area (Å²) in [6, 6.07) is 11.1. The van der Waals surface area contributed by atoms with Crippen LogP contribution in [-0.4, -0.2) is 20.4 Å². The van der Waals surface area contributed by atoms with Gasteiger partial charge in [0.25, 0.3) is 5.56 Å². The number of carbonyl (C=O) groups is 1. The minimum absolute atomic E-state index is 0.132. The van der Waals surface area contributed by atoms with Crippen LogP contribution in [0.2, 0.25) is 0 Å². The molecular formula is C18H12BrF3N2O3. The number of aromatic nitrogens is 2. The van der Waals surface area contributed by atoms with Crippen LogP contribution in [0.5, 0.6) is 0 Å². The maximum atomic E-state index is 12.8. The maximum Gasteiger partial charge on any atom is 0.416 e. The Labute approximate surface area is 159 Å². The highest BCUT2D eigenvalue weighted by molar-refractivity contribution is 9.10. The van der Waals surface area contributed by atoms with Crippen LogP contribution in [0.25, 0.3) is 5.69 Å². The number of benzene rings is 2. The monoisotopic (exact) mass is 440 g/mol. The molecule has 0 fully saturated rings. The molecule has 1 N–H and O–H groups in total. The van der Waals surface area contributed by atoms with Crippen LogP contribution in [0.3, 0.4) is 0 Å². The van der Waals surface area contributed by atoms with E-state index in [1.165, 1.54) is 10.9 Å². The Morgan fingerprint density at radius 2 is 1.70 bits per heavy atom. The highest BCUT2D eigenvalue weighted by atomic mass is 79.9. The molecule has 1 aromatic heterocycles. The van der Waals surface area contributed by atoms with Gasteiger partial charge in [0.05, 0.1) is 17.8 Å². The Hall–Kier alpha value is -2.81. The lowest BCUT2D eigenvalue weighted by Crippen LogP contribution is -2.24. The Bertz CT molecular complexity index is 1050. The van der Waals surface area contributed by atoms with E-state index in [0.29, 0.717) is 0 Å². The van der Waals surface area contributed by atoms with Crippen LogP contribution < -0.4 is 5.56 Å². The normalized spacial score (nSPS) is 11.6. The van der Waals surface area contributed by atoms with Crippen molar-refractivity contribution in [1.82, 2.24) is 9.36 Å². The Kier molecular flexibility index (Phi) is 4.97. The third-order valence-electron chi connectivity index (χ3n) is 3.92. The quantitative estimate of drug-likeness (QED) is 0.662. The lowest BCUT2D eigenvalue weighted by molar-refractivity contribution is -0.137. The van der Waals surface area contributed by atoms with Crippen LogP contribution >= 0.6 is 15.9 Å². The lowest BCUT2D eigenvalue weighted by atomic mass is 10.2. The number of alkyl halides is 3. The summed E-state index contributed by atoms with van der Waals surface area (Å²) in [4.78, 5) is 23.9. The largest absolute Gasteiger partial charge is 0.477 e. The Morgan fingerprint density at radius 1 is 1.07 bits per heavy atom. The lowest BCUT2D eigenvalue weighted by Gasteiger charge is -2.14. The number of hydrogen-bond acceptors (Lipinski definition) is 2. The summed E-state index contributed by atoms with van der Waals surface area (Å²) < 4.78 is 41.4. The fourth-order valence-corrected chi connectivity index (χ4v) is 3.02. The first-order chi connectivity index (χ1) is 12.7. The molecule has 0 atom stereocenters. The smallest absolute Gasteiger partial charge is 0.416 e. The van der Waals surface area contributed by atoms with Gasteiger partial charge in [0.15, 0.2) is 0 Å². The van der Waals surface area contributed by atoms with Crippen molar-refractivity contribution in [2.75, 3.05) is 0 Å². The van der Waals surface area contributed by atoms with Gasteiger partial charge in [-0.2, -0.15) is 13.2 Å². The SMILES string of the molecule is O=C(O)c1cn(Cc2ccccc2Br)n(-c2ccc(C(F)(F)F)cc2)c1=O. The van der Waals surface area contributed by atoms with Gasteiger partial charge < -0.3 is 5.11 Å². The van der Waals surface area contributed by atoms with Crippen molar-refractivity contribution in [1.29, 1.82) is 0 Å². The second kappa shape index (κ2) is 7.07. The molecule has 0 radical (unpaired) electrons. The number of nitrogens with zero attached hydrogens (tertiary/aromatic N) is 2. The summed E-state index contributed by atoms with van der Waals surface area (Å²) in [5.41, 5.74) is -1.25. The number of hydrogen-bond donors (Lipinski definition) is 1. The summed E-state index contributed by atoms with van der Waals surface area (Å²) in [6.45, 7) is 0.144. The van der Waals surface area contributed by atoms with Crippen LogP contribution in [0.1, 0.15) is 21.5 Å². The third kappa shape index (κ3) is 3.82. The van der Waals surface area contributed by atoms with Crippen molar-refractivity contribution in [2.24, 2.45) is 0 Å². The molecular weight excluding hydrogens is 429 g/mol. The number of carboxylic acid groups (broad SMARTS) is 1. The molecule has 0 saturated heterocycles. The molecule has 0 bridgehead atoms. The molecule has 0 unspecified atom stereocenters. The third-order valence-corrected chi connectivity index (χ3v) is 4.69. The van der Waals surface area contributed by atoms with E-state index in [1.54, 1.807) is 24.3 Å². The molecule has 140 valence electrons. The molecule has 0 amide bonds. The van der Waals surface area contributed by atoms with Gasteiger partial charge in [-0.1, -0.05) is 34.1 Å². The van der Waals surface area contributed by atoms with E-state index >= 15 is 0 Å². The fourth-order valence-electron chi connectivity index (χ4n) is 2.61. The number of carboxylic acids is 1. The molecule has 2 aromatic carbocycles. The number of aromatic carboxylic acids is 1. The van der Waals surface area contributed by atoms with E-state index in [-0.39, 0.29) is 12.2 Å². The predicted octanol–water partition coefficient (Wildman–Crippen LogP) is 4.17. The standard InChI is InChI=1S/C18H12BrF3N2O3/c19-15-4-2-1-3-11(15)9-23-10-14(17(26)27)16(25)24(23)13-7-5-12(6-8-13)18(20,21)22/h1-8,10H,9H2,(H,26,27). The molecule has 1 heterocycles. The first-order valence-electron chi connectivity index (χ1n) is 7.65. The van der Waals surface area contributed by atoms with Crippen LogP contribution in [0.4, 0.5) is 13.2 Å². The van der Waals surface area contributed by atoms with Gasteiger partial charge in [0.2, 0.25) is 0 Å². The van der Waals surface area contributed by atoms with Gasteiger partial charge in [0.1, 0.15) is 5.56 Å². The van der Waals surface area contributed by atoms with Gasteiger partial charge in [0, 0.05) is 10.7 Å². The van der Waals surface area contributed by atoms with Gasteiger partial charge >= 0.3 is 12.1 Å². The zero-order valence-electron chi connectivity index (χ0n) is 13.6. The topological polar surface area (TPSA) is 64.2 Å². The van der Waals surface area contributed by atoms with Crippen molar-refractivity contribution in [3.05, 3.63) is 86.2 Å². The summed E-state index contributed by atoms with van der Waals surface area (Å²) in [6.07, 6.45) is -3.34. The minimum Gasteiger partial charge on any atom is -0.477 e. The number of halogens is 4. The summed E-state index contributed by atoms with van der Waals surface area (Å²) >= 11 is 3.38. The highest BCUT2D eigenvalue weighted by Gasteiger charge is 2.30. The first kappa shape index (κ1) is 19.0. The fraction of sp³-hybridized carbons (Fsp3) is 0.111. The molecule has 5 nitrogen and oxygen atoms in total. The summed E-state index contributed by atoms with van der Waals surface area (Å²) in [5.74, 6) is -1.41. The molecule has 0 saturated carbocycles. The van der Waals surface area contributed by atoms with Gasteiger partial charge in [-0.05, 0) is 35.9 Å². The predicted molar refractivity (Wildman–Crippen MR) is 95.2 cm³/mol. The van der Waals surface area contributed by atoms with Crippen molar-refractivity contribution in [3.8, 4) is 5.69 Å². The van der Waals surface area contributed by atoms with Crippen LogP contribution in [0, 0.1) is 0 Å². The minimum atomic E-state index is -4.51. The van der Waals surface area contributed by atoms with E-state index < -0.39 is 28.8 Å². The molecule has 27 heavy (non-hydrogen) atoms. The Morgan fingerprint density at radius 3 is 2.26 bits per heavy atom. The average Bonchev–Trinajstić information content (AvgIpc) is 2.93. The summed E-state index contributed by atoms with van der Waals surface area (Å²) in [5, 5.41) is 9.24. The van der Waals surface area contributed by atoms with Crippen molar-refractivity contribution < 1.29 is 23.1 Å². The molecule has 3 aromatic rings. The van der Waals surface area contributed by atoms with E-state index in [4.69, 9.17) is 0 Å². The highest BCUT2D eigenvalue weighted by Crippen LogP contribution is 2.29. The molecule has 0 aliphatic carbocycles. The van der Waals surface area contributed by atoms with Crippen molar-refractivity contribution in [2.45, 2.75) is 12.7 Å². The molecule has 0 aliphatic heterocycles. The van der Waals surface area contributed by atoms with E-state index in [1.807, 2.05) is 0 Å². The molecule has 0 aliphatic rings. The number of rotatable bonds is 4. The zero-order valence-corrected chi connectivity index (χ0v) is 15.2. The zero-order chi connectivity index (χ0) is 19.8. The van der Waals surface area contributed by atoms with Crippen LogP contribution in [-0.2, 0) is 12.7 Å². The average molecular weight is 441 g/mol. The van der Waals surface area contributed by atoms with Crippen LogP contribution in [0.15, 0.2) is 64.0 Å². The second-order valence-corrected chi connectivity index (χ2v) is 6.55. The molecule has 0 spiro atoms. The van der Waals surface area contributed by atoms with Gasteiger partial charge in [-0.3, -0.25) is 9.48 Å². The van der Waals surface area contributed by atoms with Gasteiger partial charge in [-0.25, -0.2) is 9.48 Å². The molecule has 9 heteroatoms. The van der Waals surface area contributed by atoms with Crippen molar-refractivity contribution >= 4 is 21.9 Å². The van der Waals surface area contributed by atoms with E-state index in [0.717, 1.165) is 39.0 Å². The maximum absolute atomic E-state index is 12.8. The summed E-state index contributed by atoms with van der Waals surface area (Å²) in [7, 11) is 0. The van der Waals surface area contributed by atoms with Crippen molar-refractivity contribution in [3.63, 3.8) is 0 Å². The first-order valence-corrected chi connectivity index (χ1v) is 8.44.